The third-order valence-corrected chi connectivity index (χ3v) is 4.80. The average Bonchev–Trinajstić information content (AvgIpc) is 2.80. The van der Waals surface area contributed by atoms with Crippen LogP contribution in [0, 0.1) is 5.92 Å². The molecule has 0 aliphatic rings. The molecule has 0 aliphatic heterocycles. The first-order chi connectivity index (χ1) is 9.39. The Balaban J connectivity index is 2.06. The molecule has 0 aliphatic carbocycles. The molecule has 1 N–H and O–H groups in total. The second kappa shape index (κ2) is 8.78. The highest BCUT2D eigenvalue weighted by Crippen LogP contribution is 2.26. The summed E-state index contributed by atoms with van der Waals surface area (Å²) in [5.41, 5.74) is 0.180. The molecule has 0 fully saturated rings. The van der Waals surface area contributed by atoms with Crippen molar-refractivity contribution < 1.29 is 0 Å². The van der Waals surface area contributed by atoms with Gasteiger partial charge in [0.25, 0.3) is 0 Å². The lowest BCUT2D eigenvalue weighted by Gasteiger charge is -2.13. The van der Waals surface area contributed by atoms with Crippen molar-refractivity contribution in [2.45, 2.75) is 78.7 Å². The molecule has 0 radical (unpaired) electrons. The van der Waals surface area contributed by atoms with Crippen molar-refractivity contribution in [1.29, 1.82) is 0 Å². The third-order valence-electron chi connectivity index (χ3n) is 3.38. The largest absolute Gasteiger partial charge is 0.312 e. The van der Waals surface area contributed by atoms with Gasteiger partial charge in [-0.3, -0.25) is 0 Å². The van der Waals surface area contributed by atoms with Crippen LogP contribution in [0.25, 0.3) is 0 Å². The molecule has 0 saturated heterocycles. The number of nitrogens with one attached hydrogen (secondary N) is 1. The highest BCUT2D eigenvalue weighted by atomic mass is 32.1. The topological polar surface area (TPSA) is 24.9 Å². The van der Waals surface area contributed by atoms with Gasteiger partial charge >= 0.3 is 0 Å². The maximum Gasteiger partial charge on any atom is 0.0981 e. The number of aromatic nitrogens is 1. The van der Waals surface area contributed by atoms with Gasteiger partial charge in [0.1, 0.15) is 0 Å². The summed E-state index contributed by atoms with van der Waals surface area (Å²) >= 11 is 1.84. The third kappa shape index (κ3) is 7.39. The minimum absolute atomic E-state index is 0.180. The second-order valence-electron chi connectivity index (χ2n) is 7.16. The van der Waals surface area contributed by atoms with Crippen LogP contribution in [-0.2, 0) is 12.0 Å². The molecule has 116 valence electrons. The molecule has 1 aromatic heterocycles. The summed E-state index contributed by atoms with van der Waals surface area (Å²) in [7, 11) is 0. The molecule has 1 rings (SSSR count). The van der Waals surface area contributed by atoms with Gasteiger partial charge in [-0.25, -0.2) is 4.98 Å². The molecule has 1 aromatic rings. The minimum Gasteiger partial charge on any atom is -0.312 e. The summed E-state index contributed by atoms with van der Waals surface area (Å²) in [6, 6.07) is 0. The van der Waals surface area contributed by atoms with Crippen molar-refractivity contribution in [2.24, 2.45) is 5.92 Å². The predicted octanol–water partition coefficient (Wildman–Crippen LogP) is 5.14. The number of rotatable bonds is 9. The summed E-state index contributed by atoms with van der Waals surface area (Å²) in [5.74, 6) is 0.858. The molecule has 2 nitrogen and oxygen atoms in total. The van der Waals surface area contributed by atoms with E-state index in [-0.39, 0.29) is 5.41 Å². The molecule has 3 heteroatoms. The molecule has 0 bridgehead atoms. The Morgan fingerprint density at radius 3 is 2.45 bits per heavy atom. The Kier molecular flexibility index (Phi) is 7.75. The van der Waals surface area contributed by atoms with E-state index in [1.54, 1.807) is 0 Å². The van der Waals surface area contributed by atoms with Gasteiger partial charge in [-0.05, 0) is 18.9 Å². The molecule has 0 saturated carbocycles. The van der Waals surface area contributed by atoms with E-state index in [1.807, 2.05) is 17.5 Å². The standard InChI is InChI=1S/C17H32N2S/c1-14(2)10-8-6-7-9-11-18-12-15-13-19-16(20-15)17(3,4)5/h13-14,18H,6-12H2,1-5H3. The van der Waals surface area contributed by atoms with E-state index >= 15 is 0 Å². The van der Waals surface area contributed by atoms with Crippen molar-refractivity contribution in [3.8, 4) is 0 Å². The van der Waals surface area contributed by atoms with Gasteiger partial charge < -0.3 is 5.32 Å². The van der Waals surface area contributed by atoms with Gasteiger partial charge in [0.05, 0.1) is 5.01 Å². The monoisotopic (exact) mass is 296 g/mol. The van der Waals surface area contributed by atoms with Crippen molar-refractivity contribution in [2.75, 3.05) is 6.54 Å². The highest BCUT2D eigenvalue weighted by Gasteiger charge is 2.17. The summed E-state index contributed by atoms with van der Waals surface area (Å²) in [4.78, 5) is 5.88. The van der Waals surface area contributed by atoms with E-state index in [4.69, 9.17) is 0 Å². The van der Waals surface area contributed by atoms with Crippen LogP contribution in [0.3, 0.4) is 0 Å². The highest BCUT2D eigenvalue weighted by molar-refractivity contribution is 7.11. The van der Waals surface area contributed by atoms with Gasteiger partial charge in [-0.2, -0.15) is 0 Å². The van der Waals surface area contributed by atoms with Crippen LogP contribution < -0.4 is 5.32 Å². The van der Waals surface area contributed by atoms with Crippen LogP contribution in [-0.4, -0.2) is 11.5 Å². The van der Waals surface area contributed by atoms with Crippen molar-refractivity contribution in [3.63, 3.8) is 0 Å². The van der Waals surface area contributed by atoms with Crippen molar-refractivity contribution in [1.82, 2.24) is 10.3 Å². The molecular formula is C17H32N2S. The molecular weight excluding hydrogens is 264 g/mol. The van der Waals surface area contributed by atoms with Crippen molar-refractivity contribution >= 4 is 11.3 Å². The zero-order valence-electron chi connectivity index (χ0n) is 14.0. The lowest BCUT2D eigenvalue weighted by atomic mass is 9.98. The number of nitrogens with zero attached hydrogens (tertiary/aromatic N) is 1. The van der Waals surface area contributed by atoms with Crippen LogP contribution >= 0.6 is 11.3 Å². The smallest absolute Gasteiger partial charge is 0.0981 e. The van der Waals surface area contributed by atoms with E-state index in [0.717, 1.165) is 19.0 Å². The van der Waals surface area contributed by atoms with E-state index in [0.29, 0.717) is 0 Å². The minimum atomic E-state index is 0.180. The van der Waals surface area contributed by atoms with Gasteiger partial charge in [-0.15, -0.1) is 11.3 Å². The Labute approximate surface area is 129 Å². The fraction of sp³-hybridized carbons (Fsp3) is 0.824. The SMILES string of the molecule is CC(C)CCCCCCNCc1cnc(C(C)(C)C)s1. The fourth-order valence-corrected chi connectivity index (χ4v) is 3.04. The zero-order valence-corrected chi connectivity index (χ0v) is 14.8. The van der Waals surface area contributed by atoms with E-state index in [1.165, 1.54) is 42.0 Å². The Bertz CT molecular complexity index is 363. The van der Waals surface area contributed by atoms with E-state index < -0.39 is 0 Å². The first kappa shape index (κ1) is 17.6. The number of hydrogen-bond acceptors (Lipinski definition) is 3. The van der Waals surface area contributed by atoms with Gasteiger partial charge in [0, 0.05) is 23.0 Å². The molecule has 0 unspecified atom stereocenters. The van der Waals surface area contributed by atoms with Crippen LogP contribution in [0.15, 0.2) is 6.20 Å². The van der Waals surface area contributed by atoms with Gasteiger partial charge in [0.2, 0.25) is 0 Å². The molecule has 0 amide bonds. The lowest BCUT2D eigenvalue weighted by Crippen LogP contribution is -2.13. The Hall–Kier alpha value is -0.410. The average molecular weight is 297 g/mol. The summed E-state index contributed by atoms with van der Waals surface area (Å²) < 4.78 is 0. The molecule has 20 heavy (non-hydrogen) atoms. The molecule has 1 heterocycles. The van der Waals surface area contributed by atoms with Crippen LogP contribution in [0.5, 0.6) is 0 Å². The summed E-state index contributed by atoms with van der Waals surface area (Å²) in [6.45, 7) is 13.4. The van der Waals surface area contributed by atoms with Crippen molar-refractivity contribution in [3.05, 3.63) is 16.1 Å². The van der Waals surface area contributed by atoms with Gasteiger partial charge in [-0.1, -0.05) is 60.3 Å². The molecule has 0 atom stereocenters. The first-order valence-electron chi connectivity index (χ1n) is 8.05. The summed E-state index contributed by atoms with van der Waals surface area (Å²) in [6.07, 6.45) is 8.83. The normalized spacial score (nSPS) is 12.3. The number of thiazole rings is 1. The summed E-state index contributed by atoms with van der Waals surface area (Å²) in [5, 5.41) is 4.78. The van der Waals surface area contributed by atoms with Gasteiger partial charge in [0.15, 0.2) is 0 Å². The first-order valence-corrected chi connectivity index (χ1v) is 8.87. The maximum absolute atomic E-state index is 4.52. The number of hydrogen-bond donors (Lipinski definition) is 1. The molecule has 0 spiro atoms. The van der Waals surface area contributed by atoms with E-state index in [9.17, 15) is 0 Å². The molecule has 0 aromatic carbocycles. The predicted molar refractivity (Wildman–Crippen MR) is 90.4 cm³/mol. The second-order valence-corrected chi connectivity index (χ2v) is 8.27. The number of unbranched alkanes of at least 4 members (excludes halogenated alkanes) is 3. The van der Waals surface area contributed by atoms with Crippen LogP contribution in [0.1, 0.15) is 76.6 Å². The maximum atomic E-state index is 4.52. The van der Waals surface area contributed by atoms with E-state index in [2.05, 4.69) is 44.9 Å². The Morgan fingerprint density at radius 2 is 1.85 bits per heavy atom. The van der Waals surface area contributed by atoms with Crippen LogP contribution in [0.4, 0.5) is 0 Å². The zero-order chi connectivity index (χ0) is 15.0. The lowest BCUT2D eigenvalue weighted by molar-refractivity contribution is 0.512. The van der Waals surface area contributed by atoms with Crippen LogP contribution in [0.2, 0.25) is 0 Å². The quantitative estimate of drug-likeness (QED) is 0.638. The Morgan fingerprint density at radius 1 is 1.15 bits per heavy atom. The fourth-order valence-electron chi connectivity index (χ4n) is 2.10.